The molecular weight excluding hydrogens is 432 g/mol. The fraction of sp³-hybridized carbons (Fsp3) is 0.318. The van der Waals surface area contributed by atoms with Gasteiger partial charge in [-0.05, 0) is 30.7 Å². The Balaban J connectivity index is 1.31. The van der Waals surface area contributed by atoms with Gasteiger partial charge >= 0.3 is 0 Å². The van der Waals surface area contributed by atoms with Gasteiger partial charge in [-0.2, -0.15) is 4.31 Å². The summed E-state index contributed by atoms with van der Waals surface area (Å²) < 4.78 is 26.8. The summed E-state index contributed by atoms with van der Waals surface area (Å²) in [6, 6.07) is 14.1. The highest BCUT2D eigenvalue weighted by Crippen LogP contribution is 2.20. The predicted octanol–water partition coefficient (Wildman–Crippen LogP) is 1.05. The van der Waals surface area contributed by atoms with Gasteiger partial charge in [0.15, 0.2) is 0 Å². The average molecular weight is 457 g/mol. The molecule has 1 saturated heterocycles. The van der Waals surface area contributed by atoms with E-state index in [0.29, 0.717) is 11.3 Å². The number of hydrogen-bond donors (Lipinski definition) is 2. The van der Waals surface area contributed by atoms with Gasteiger partial charge < -0.3 is 15.5 Å². The second kappa shape index (κ2) is 9.09. The molecule has 0 aromatic heterocycles. The first-order valence-corrected chi connectivity index (χ1v) is 11.8. The number of rotatable bonds is 5. The van der Waals surface area contributed by atoms with Gasteiger partial charge in [0.25, 0.3) is 5.91 Å². The zero-order valence-corrected chi connectivity index (χ0v) is 18.2. The van der Waals surface area contributed by atoms with Crippen LogP contribution in [0.25, 0.3) is 0 Å². The molecule has 2 heterocycles. The molecule has 0 aliphatic carbocycles. The van der Waals surface area contributed by atoms with Crippen molar-refractivity contribution in [3.63, 3.8) is 0 Å². The van der Waals surface area contributed by atoms with Crippen LogP contribution in [0.15, 0.2) is 59.5 Å². The topological polar surface area (TPSA) is 116 Å². The van der Waals surface area contributed by atoms with Gasteiger partial charge in [0.1, 0.15) is 6.04 Å². The number of benzene rings is 2. The quantitative estimate of drug-likeness (QED) is 0.698. The van der Waals surface area contributed by atoms with Crippen molar-refractivity contribution >= 4 is 33.4 Å². The minimum absolute atomic E-state index is 0.0696. The Labute approximate surface area is 186 Å². The van der Waals surface area contributed by atoms with E-state index in [1.807, 2.05) is 0 Å². The number of carbonyl (C=O) groups is 3. The number of nitrogens with one attached hydrogen (secondary N) is 2. The van der Waals surface area contributed by atoms with Crippen LogP contribution in [0, 0.1) is 0 Å². The average Bonchev–Trinajstić information content (AvgIpc) is 2.93. The Hall–Kier alpha value is -3.24. The molecule has 2 aliphatic heterocycles. The van der Waals surface area contributed by atoms with Crippen LogP contribution in [-0.2, 0) is 19.6 Å². The highest BCUT2D eigenvalue weighted by atomic mass is 32.2. The lowest BCUT2D eigenvalue weighted by atomic mass is 10.1. The van der Waals surface area contributed by atoms with Gasteiger partial charge in [-0.15, -0.1) is 0 Å². The molecule has 9 nitrogen and oxygen atoms in total. The minimum atomic E-state index is -3.59. The molecule has 32 heavy (non-hydrogen) atoms. The molecule has 2 N–H and O–H groups in total. The number of fused-ring (bicyclic) bond motifs is 1. The van der Waals surface area contributed by atoms with Gasteiger partial charge in [0, 0.05) is 32.6 Å². The van der Waals surface area contributed by atoms with E-state index in [4.69, 9.17) is 0 Å². The van der Waals surface area contributed by atoms with Gasteiger partial charge in [-0.3, -0.25) is 14.4 Å². The molecule has 0 bridgehead atoms. The van der Waals surface area contributed by atoms with Crippen LogP contribution in [0.3, 0.4) is 0 Å². The summed E-state index contributed by atoms with van der Waals surface area (Å²) in [5.74, 6) is -0.906. The SMILES string of the molecule is O=C1NC(CCC(=O)N2CCN(S(=O)(=O)c3ccccc3)CC2)C(=O)Nc2ccccc21. The molecule has 1 atom stereocenters. The normalized spacial score (nSPS) is 19.5. The van der Waals surface area contributed by atoms with Crippen LogP contribution in [0.5, 0.6) is 0 Å². The summed E-state index contributed by atoms with van der Waals surface area (Å²) in [6.07, 6.45) is 0.229. The molecule has 2 aromatic rings. The largest absolute Gasteiger partial charge is 0.340 e. The van der Waals surface area contributed by atoms with Crippen LogP contribution in [0.1, 0.15) is 23.2 Å². The van der Waals surface area contributed by atoms with Crippen molar-refractivity contribution in [2.24, 2.45) is 0 Å². The molecule has 4 rings (SSSR count). The van der Waals surface area contributed by atoms with Gasteiger partial charge in [0.2, 0.25) is 21.8 Å². The van der Waals surface area contributed by atoms with E-state index in [1.54, 1.807) is 59.5 Å². The molecule has 0 saturated carbocycles. The first-order valence-electron chi connectivity index (χ1n) is 10.4. The van der Waals surface area contributed by atoms with E-state index in [1.165, 1.54) is 4.31 Å². The maximum absolute atomic E-state index is 12.7. The number of piperazine rings is 1. The van der Waals surface area contributed by atoms with E-state index in [0.717, 1.165) is 0 Å². The summed E-state index contributed by atoms with van der Waals surface area (Å²) in [6.45, 7) is 0.969. The molecule has 3 amide bonds. The van der Waals surface area contributed by atoms with Gasteiger partial charge in [0.05, 0.1) is 16.1 Å². The van der Waals surface area contributed by atoms with Crippen molar-refractivity contribution in [3.8, 4) is 0 Å². The lowest BCUT2D eigenvalue weighted by molar-refractivity contribution is -0.132. The van der Waals surface area contributed by atoms with Crippen molar-refractivity contribution in [2.75, 3.05) is 31.5 Å². The van der Waals surface area contributed by atoms with E-state index >= 15 is 0 Å². The molecule has 1 fully saturated rings. The Bertz CT molecular complexity index is 1130. The molecule has 0 spiro atoms. The number of sulfonamides is 1. The molecule has 168 valence electrons. The third kappa shape index (κ3) is 4.51. The predicted molar refractivity (Wildman–Crippen MR) is 117 cm³/mol. The standard InChI is InChI=1S/C22H24N4O5S/c27-20(11-10-19-22(29)23-18-9-5-4-8-17(18)21(28)24-19)25-12-14-26(15-13-25)32(30,31)16-6-2-1-3-7-16/h1-9,19H,10-15H2,(H,23,29)(H,24,28). The minimum Gasteiger partial charge on any atom is -0.340 e. The summed E-state index contributed by atoms with van der Waals surface area (Å²) in [4.78, 5) is 39.4. The molecule has 0 radical (unpaired) electrons. The van der Waals surface area contributed by atoms with Crippen LogP contribution in [-0.4, -0.2) is 67.6 Å². The number of nitrogens with zero attached hydrogens (tertiary/aromatic N) is 2. The van der Waals surface area contributed by atoms with Crippen molar-refractivity contribution in [2.45, 2.75) is 23.8 Å². The zero-order valence-electron chi connectivity index (χ0n) is 17.4. The second-order valence-electron chi connectivity index (χ2n) is 7.70. The van der Waals surface area contributed by atoms with Gasteiger partial charge in [-0.1, -0.05) is 30.3 Å². The molecule has 10 heteroatoms. The zero-order chi connectivity index (χ0) is 22.7. The molecular formula is C22H24N4O5S. The van der Waals surface area contributed by atoms with E-state index in [9.17, 15) is 22.8 Å². The Morgan fingerprint density at radius 2 is 1.59 bits per heavy atom. The fourth-order valence-electron chi connectivity index (χ4n) is 3.86. The van der Waals surface area contributed by atoms with Crippen LogP contribution in [0.4, 0.5) is 5.69 Å². The summed E-state index contributed by atoms with van der Waals surface area (Å²) >= 11 is 0. The van der Waals surface area contributed by atoms with Crippen molar-refractivity contribution in [3.05, 3.63) is 60.2 Å². The third-order valence-corrected chi connectivity index (χ3v) is 7.58. The second-order valence-corrected chi connectivity index (χ2v) is 9.64. The van der Waals surface area contributed by atoms with Crippen molar-refractivity contribution < 1.29 is 22.8 Å². The van der Waals surface area contributed by atoms with Gasteiger partial charge in [-0.25, -0.2) is 8.42 Å². The third-order valence-electron chi connectivity index (χ3n) is 5.67. The van der Waals surface area contributed by atoms with E-state index in [-0.39, 0.29) is 61.6 Å². The molecule has 2 aromatic carbocycles. The van der Waals surface area contributed by atoms with Crippen LogP contribution in [0.2, 0.25) is 0 Å². The Morgan fingerprint density at radius 3 is 2.31 bits per heavy atom. The van der Waals surface area contributed by atoms with Crippen molar-refractivity contribution in [1.29, 1.82) is 0 Å². The maximum Gasteiger partial charge on any atom is 0.254 e. The van der Waals surface area contributed by atoms with Crippen LogP contribution < -0.4 is 10.6 Å². The monoisotopic (exact) mass is 456 g/mol. The van der Waals surface area contributed by atoms with Crippen LogP contribution >= 0.6 is 0 Å². The summed E-state index contributed by atoms with van der Waals surface area (Å²) in [5, 5.41) is 5.40. The molecule has 2 aliphatic rings. The van der Waals surface area contributed by atoms with E-state index in [2.05, 4.69) is 10.6 Å². The number of amides is 3. The number of para-hydroxylation sites is 1. The fourth-order valence-corrected chi connectivity index (χ4v) is 5.30. The lowest BCUT2D eigenvalue weighted by Gasteiger charge is -2.34. The van der Waals surface area contributed by atoms with Crippen molar-refractivity contribution in [1.82, 2.24) is 14.5 Å². The number of carbonyl (C=O) groups excluding carboxylic acids is 3. The smallest absolute Gasteiger partial charge is 0.254 e. The maximum atomic E-state index is 12.7. The Kier molecular flexibility index (Phi) is 6.24. The first-order chi connectivity index (χ1) is 15.4. The lowest BCUT2D eigenvalue weighted by Crippen LogP contribution is -2.51. The van der Waals surface area contributed by atoms with E-state index < -0.39 is 16.1 Å². The highest BCUT2D eigenvalue weighted by molar-refractivity contribution is 7.89. The highest BCUT2D eigenvalue weighted by Gasteiger charge is 2.32. The Morgan fingerprint density at radius 1 is 0.938 bits per heavy atom. The molecule has 1 unspecified atom stereocenters. The number of anilines is 1. The summed E-state index contributed by atoms with van der Waals surface area (Å²) in [7, 11) is -3.59. The number of hydrogen-bond acceptors (Lipinski definition) is 5. The first kappa shape index (κ1) is 22.0. The summed E-state index contributed by atoms with van der Waals surface area (Å²) in [5.41, 5.74) is 0.824.